The third-order valence-corrected chi connectivity index (χ3v) is 7.29. The van der Waals surface area contributed by atoms with Crippen molar-refractivity contribution in [2.24, 2.45) is 0 Å². The third-order valence-electron chi connectivity index (χ3n) is 7.29. The molecule has 6 heteroatoms. The number of fused-ring (bicyclic) bond motifs is 1. The normalized spacial score (nSPS) is 17.1. The van der Waals surface area contributed by atoms with Gasteiger partial charge in [0.25, 0.3) is 5.91 Å². The van der Waals surface area contributed by atoms with Gasteiger partial charge in [0.05, 0.1) is 26.9 Å². The van der Waals surface area contributed by atoms with Gasteiger partial charge in [-0.05, 0) is 53.6 Å². The van der Waals surface area contributed by atoms with Crippen LogP contribution in [0.2, 0.25) is 0 Å². The molecule has 1 amide bonds. The summed E-state index contributed by atoms with van der Waals surface area (Å²) < 4.78 is 17.1. The molecule has 0 radical (unpaired) electrons. The topological polar surface area (TPSA) is 68.8 Å². The molecule has 1 aliphatic heterocycles. The van der Waals surface area contributed by atoms with Gasteiger partial charge in [0.15, 0.2) is 0 Å². The number of carbonyl (C=O) groups excluding carboxylic acids is 1. The van der Waals surface area contributed by atoms with Crippen molar-refractivity contribution in [2.45, 2.75) is 31.4 Å². The number of hydrogen-bond acceptors (Lipinski definition) is 5. The van der Waals surface area contributed by atoms with E-state index in [1.165, 1.54) is 5.56 Å². The number of amides is 1. The highest BCUT2D eigenvalue weighted by atomic mass is 16.5. The molecule has 0 bridgehead atoms. The van der Waals surface area contributed by atoms with Crippen LogP contribution in [0.25, 0.3) is 10.8 Å². The van der Waals surface area contributed by atoms with E-state index in [-0.39, 0.29) is 17.9 Å². The van der Waals surface area contributed by atoms with E-state index in [9.17, 15) is 4.79 Å². The van der Waals surface area contributed by atoms with Gasteiger partial charge in [0, 0.05) is 36.1 Å². The number of ether oxygens (including phenoxy) is 3. The minimum atomic E-state index is -0.0293. The zero-order valence-electron chi connectivity index (χ0n) is 22.4. The lowest BCUT2D eigenvalue weighted by molar-refractivity contribution is 0.0926. The first-order chi connectivity index (χ1) is 19.2. The Bertz CT molecular complexity index is 1370. The van der Waals surface area contributed by atoms with E-state index in [0.717, 1.165) is 53.8 Å². The fraction of sp³-hybridized carbons (Fsp3) is 0.303. The number of para-hydroxylation sites is 1. The Hall–Kier alpha value is -3.87. The number of methoxy groups -OCH3 is 1. The van der Waals surface area contributed by atoms with Crippen molar-refractivity contribution in [3.8, 4) is 11.5 Å². The molecule has 0 aromatic heterocycles. The van der Waals surface area contributed by atoms with E-state index in [2.05, 4.69) is 22.8 Å². The van der Waals surface area contributed by atoms with Gasteiger partial charge in [-0.25, -0.2) is 0 Å². The Labute approximate surface area is 230 Å². The lowest BCUT2D eigenvalue weighted by Gasteiger charge is -2.33. The molecule has 2 unspecified atom stereocenters. The maximum Gasteiger partial charge on any atom is 0.252 e. The molecule has 2 N–H and O–H groups in total. The second-order valence-corrected chi connectivity index (χ2v) is 9.84. The Morgan fingerprint density at radius 2 is 1.72 bits per heavy atom. The first-order valence-corrected chi connectivity index (χ1v) is 13.6. The summed E-state index contributed by atoms with van der Waals surface area (Å²) in [5, 5.41) is 8.80. The zero-order chi connectivity index (χ0) is 26.9. The summed E-state index contributed by atoms with van der Waals surface area (Å²) in [6, 6.07) is 30.1. The number of benzene rings is 4. The molecule has 0 saturated carbocycles. The highest BCUT2D eigenvalue weighted by molar-refractivity contribution is 6.07. The molecule has 4 aromatic carbocycles. The smallest absolute Gasteiger partial charge is 0.252 e. The van der Waals surface area contributed by atoms with Crippen LogP contribution in [0.3, 0.4) is 0 Å². The first kappa shape index (κ1) is 26.7. The van der Waals surface area contributed by atoms with Crippen molar-refractivity contribution >= 4 is 16.7 Å². The lowest BCUT2D eigenvalue weighted by atomic mass is 9.85. The minimum Gasteiger partial charge on any atom is -0.496 e. The monoisotopic (exact) mass is 524 g/mol. The van der Waals surface area contributed by atoms with Crippen LogP contribution in [0.5, 0.6) is 11.5 Å². The largest absolute Gasteiger partial charge is 0.496 e. The van der Waals surface area contributed by atoms with Crippen LogP contribution in [-0.2, 0) is 11.3 Å². The number of rotatable bonds is 11. The minimum absolute atomic E-state index is 0.0115. The number of carbonyl (C=O) groups is 1. The van der Waals surface area contributed by atoms with Crippen LogP contribution in [0.4, 0.5) is 0 Å². The van der Waals surface area contributed by atoms with Gasteiger partial charge >= 0.3 is 0 Å². The van der Waals surface area contributed by atoms with Gasteiger partial charge in [-0.15, -0.1) is 0 Å². The summed E-state index contributed by atoms with van der Waals surface area (Å²) in [7, 11) is 1.67. The molecule has 0 aliphatic carbocycles. The first-order valence-electron chi connectivity index (χ1n) is 13.6. The maximum atomic E-state index is 13.3. The highest BCUT2D eigenvalue weighted by Crippen LogP contribution is 2.28. The summed E-state index contributed by atoms with van der Waals surface area (Å²) >= 11 is 0. The summed E-state index contributed by atoms with van der Waals surface area (Å²) in [4.78, 5) is 13.3. The number of piperidine rings is 1. The van der Waals surface area contributed by atoms with E-state index < -0.39 is 0 Å². The molecular weight excluding hydrogens is 488 g/mol. The van der Waals surface area contributed by atoms with Crippen LogP contribution in [-0.4, -0.2) is 45.4 Å². The van der Waals surface area contributed by atoms with Crippen LogP contribution in [0, 0.1) is 0 Å². The Morgan fingerprint density at radius 3 is 2.59 bits per heavy atom. The fourth-order valence-corrected chi connectivity index (χ4v) is 5.25. The van der Waals surface area contributed by atoms with E-state index in [1.807, 2.05) is 78.9 Å². The van der Waals surface area contributed by atoms with Gasteiger partial charge in [-0.2, -0.15) is 0 Å². The SMILES string of the molecule is COc1ccccc1COCCCOc1ccc(C2CCNCC2NC(=O)c2cccc3ccccc23)cc1. The quantitative estimate of drug-likeness (QED) is 0.246. The molecule has 2 atom stereocenters. The second-order valence-electron chi connectivity index (χ2n) is 9.84. The predicted molar refractivity (Wildman–Crippen MR) is 155 cm³/mol. The number of nitrogens with one attached hydrogen (secondary N) is 2. The van der Waals surface area contributed by atoms with E-state index in [0.29, 0.717) is 25.4 Å². The van der Waals surface area contributed by atoms with Gasteiger partial charge < -0.3 is 24.8 Å². The molecule has 1 heterocycles. The maximum absolute atomic E-state index is 13.3. The fourth-order valence-electron chi connectivity index (χ4n) is 5.25. The zero-order valence-corrected chi connectivity index (χ0v) is 22.4. The molecule has 5 rings (SSSR count). The summed E-state index contributed by atoms with van der Waals surface area (Å²) in [5.74, 6) is 1.90. The predicted octanol–water partition coefficient (Wildman–Crippen LogP) is 5.71. The Morgan fingerprint density at radius 1 is 0.923 bits per heavy atom. The van der Waals surface area contributed by atoms with E-state index in [4.69, 9.17) is 14.2 Å². The molecule has 202 valence electrons. The van der Waals surface area contributed by atoms with E-state index >= 15 is 0 Å². The molecule has 4 aromatic rings. The molecule has 0 spiro atoms. The van der Waals surface area contributed by atoms with Gasteiger partial charge in [-0.3, -0.25) is 4.79 Å². The average Bonchev–Trinajstić information content (AvgIpc) is 2.99. The molecule has 1 saturated heterocycles. The van der Waals surface area contributed by atoms with Crippen LogP contribution in [0.15, 0.2) is 91.0 Å². The van der Waals surface area contributed by atoms with E-state index in [1.54, 1.807) is 7.11 Å². The van der Waals surface area contributed by atoms with Crippen molar-refractivity contribution in [2.75, 3.05) is 33.4 Å². The third kappa shape index (κ3) is 6.77. The molecule has 6 nitrogen and oxygen atoms in total. The van der Waals surface area contributed by atoms with Crippen molar-refractivity contribution < 1.29 is 19.0 Å². The van der Waals surface area contributed by atoms with Crippen LogP contribution < -0.4 is 20.1 Å². The summed E-state index contributed by atoms with van der Waals surface area (Å²) in [6.07, 6.45) is 1.76. The van der Waals surface area contributed by atoms with Gasteiger partial charge in [0.1, 0.15) is 11.5 Å². The average molecular weight is 525 g/mol. The van der Waals surface area contributed by atoms with Crippen molar-refractivity contribution in [1.82, 2.24) is 10.6 Å². The van der Waals surface area contributed by atoms with Crippen molar-refractivity contribution in [3.63, 3.8) is 0 Å². The van der Waals surface area contributed by atoms with Crippen molar-refractivity contribution in [3.05, 3.63) is 108 Å². The Kier molecular flexibility index (Phi) is 9.09. The summed E-state index contributed by atoms with van der Waals surface area (Å²) in [6.45, 7) is 3.39. The molecule has 39 heavy (non-hydrogen) atoms. The van der Waals surface area contributed by atoms with Crippen LogP contribution >= 0.6 is 0 Å². The standard InChI is InChI=1S/C33H36N2O4/c1-37-32-13-5-3-9-26(32)23-38-20-7-21-39-27-16-14-25(15-17-27)29-18-19-34-22-31(29)35-33(36)30-12-6-10-24-8-2-4-11-28(24)30/h2-6,8-17,29,31,34H,7,18-23H2,1H3,(H,35,36). The van der Waals surface area contributed by atoms with Crippen molar-refractivity contribution in [1.29, 1.82) is 0 Å². The second kappa shape index (κ2) is 13.3. The van der Waals surface area contributed by atoms with Gasteiger partial charge in [-0.1, -0.05) is 66.7 Å². The number of hydrogen-bond donors (Lipinski definition) is 2. The highest BCUT2D eigenvalue weighted by Gasteiger charge is 2.28. The van der Waals surface area contributed by atoms with Crippen LogP contribution in [0.1, 0.15) is 40.2 Å². The van der Waals surface area contributed by atoms with Gasteiger partial charge in [0.2, 0.25) is 0 Å². The Balaban J connectivity index is 1.12. The molecule has 1 aliphatic rings. The lowest BCUT2D eigenvalue weighted by Crippen LogP contribution is -2.50. The molecular formula is C33H36N2O4. The summed E-state index contributed by atoms with van der Waals surface area (Å²) in [5.41, 5.74) is 2.97. The molecule has 1 fully saturated rings.